The van der Waals surface area contributed by atoms with Gasteiger partial charge in [-0.25, -0.2) is 9.97 Å². The summed E-state index contributed by atoms with van der Waals surface area (Å²) in [6.45, 7) is 1.39. The highest BCUT2D eigenvalue weighted by atomic mass is 35.5. The SMILES string of the molecule is NCC1CCCCC1COc1ncncc1Cl. The summed E-state index contributed by atoms with van der Waals surface area (Å²) in [5, 5.41) is 0.465. The highest BCUT2D eigenvalue weighted by Gasteiger charge is 2.24. The van der Waals surface area contributed by atoms with Crippen molar-refractivity contribution in [3.63, 3.8) is 0 Å². The average molecular weight is 256 g/mol. The first kappa shape index (κ1) is 12.6. The van der Waals surface area contributed by atoms with Crippen LogP contribution in [0.4, 0.5) is 0 Å². The normalized spacial score (nSPS) is 24.6. The van der Waals surface area contributed by atoms with Crippen molar-refractivity contribution in [2.45, 2.75) is 25.7 Å². The van der Waals surface area contributed by atoms with Crippen LogP contribution in [0.5, 0.6) is 5.88 Å². The fraction of sp³-hybridized carbons (Fsp3) is 0.667. The van der Waals surface area contributed by atoms with Crippen LogP contribution in [0.1, 0.15) is 25.7 Å². The van der Waals surface area contributed by atoms with Crippen LogP contribution < -0.4 is 10.5 Å². The molecule has 4 nitrogen and oxygen atoms in total. The monoisotopic (exact) mass is 255 g/mol. The van der Waals surface area contributed by atoms with Gasteiger partial charge in [-0.05, 0) is 31.2 Å². The van der Waals surface area contributed by atoms with Gasteiger partial charge in [-0.15, -0.1) is 0 Å². The summed E-state index contributed by atoms with van der Waals surface area (Å²) in [7, 11) is 0. The Labute approximate surface area is 107 Å². The van der Waals surface area contributed by atoms with Crippen LogP contribution in [0.2, 0.25) is 5.02 Å². The van der Waals surface area contributed by atoms with E-state index in [9.17, 15) is 0 Å². The maximum absolute atomic E-state index is 5.94. The van der Waals surface area contributed by atoms with Gasteiger partial charge in [0.05, 0.1) is 12.8 Å². The molecule has 0 radical (unpaired) electrons. The molecule has 0 saturated heterocycles. The molecule has 2 rings (SSSR count). The minimum Gasteiger partial charge on any atom is -0.476 e. The van der Waals surface area contributed by atoms with Crippen LogP contribution in [-0.2, 0) is 0 Å². The maximum atomic E-state index is 5.94. The number of hydrogen-bond acceptors (Lipinski definition) is 4. The Morgan fingerprint density at radius 1 is 1.35 bits per heavy atom. The number of hydrogen-bond donors (Lipinski definition) is 1. The summed E-state index contributed by atoms with van der Waals surface area (Å²) in [4.78, 5) is 7.84. The lowest BCUT2D eigenvalue weighted by atomic mass is 9.80. The number of nitrogens with two attached hydrogens (primary N) is 1. The minimum absolute atomic E-state index is 0.465. The lowest BCUT2D eigenvalue weighted by Crippen LogP contribution is -2.30. The fourth-order valence-electron chi connectivity index (χ4n) is 2.41. The summed E-state index contributed by atoms with van der Waals surface area (Å²) in [5.41, 5.74) is 5.79. The van der Waals surface area contributed by atoms with Gasteiger partial charge in [-0.3, -0.25) is 0 Å². The number of ether oxygens (including phenoxy) is 1. The van der Waals surface area contributed by atoms with Crippen LogP contribution in [0.3, 0.4) is 0 Å². The average Bonchev–Trinajstić information content (AvgIpc) is 2.38. The van der Waals surface area contributed by atoms with E-state index in [0.29, 0.717) is 29.3 Å². The van der Waals surface area contributed by atoms with E-state index in [1.807, 2.05) is 0 Å². The van der Waals surface area contributed by atoms with Crippen molar-refractivity contribution in [2.75, 3.05) is 13.2 Å². The molecule has 2 unspecified atom stereocenters. The Morgan fingerprint density at radius 2 is 2.12 bits per heavy atom. The van der Waals surface area contributed by atoms with Crippen molar-refractivity contribution in [2.24, 2.45) is 17.6 Å². The second kappa shape index (κ2) is 6.17. The first-order valence-corrected chi connectivity index (χ1v) is 6.47. The van der Waals surface area contributed by atoms with Gasteiger partial charge in [-0.1, -0.05) is 24.4 Å². The number of rotatable bonds is 4. The molecular formula is C12H18ClN3O. The molecule has 1 aliphatic rings. The van der Waals surface area contributed by atoms with Gasteiger partial charge in [0.2, 0.25) is 5.88 Å². The molecule has 1 aromatic heterocycles. The third-order valence-electron chi connectivity index (χ3n) is 3.44. The van der Waals surface area contributed by atoms with Gasteiger partial charge in [0.15, 0.2) is 0 Å². The van der Waals surface area contributed by atoms with E-state index < -0.39 is 0 Å². The van der Waals surface area contributed by atoms with E-state index in [1.54, 1.807) is 6.20 Å². The summed E-state index contributed by atoms with van der Waals surface area (Å²) in [6, 6.07) is 0. The van der Waals surface area contributed by atoms with Crippen molar-refractivity contribution in [1.29, 1.82) is 0 Å². The summed E-state index contributed by atoms with van der Waals surface area (Å²) < 4.78 is 5.67. The summed E-state index contributed by atoms with van der Waals surface area (Å²) >= 11 is 5.94. The highest BCUT2D eigenvalue weighted by molar-refractivity contribution is 6.31. The van der Waals surface area contributed by atoms with Gasteiger partial charge in [0, 0.05) is 0 Å². The predicted molar refractivity (Wildman–Crippen MR) is 67.0 cm³/mol. The Balaban J connectivity index is 1.90. The first-order chi connectivity index (χ1) is 8.31. The van der Waals surface area contributed by atoms with E-state index >= 15 is 0 Å². The molecule has 2 N–H and O–H groups in total. The van der Waals surface area contributed by atoms with Crippen molar-refractivity contribution in [3.05, 3.63) is 17.5 Å². The molecule has 17 heavy (non-hydrogen) atoms. The van der Waals surface area contributed by atoms with E-state index in [1.165, 1.54) is 32.0 Å². The second-order valence-electron chi connectivity index (χ2n) is 4.53. The topological polar surface area (TPSA) is 61.0 Å². The Hall–Kier alpha value is -0.870. The van der Waals surface area contributed by atoms with Crippen molar-refractivity contribution in [1.82, 2.24) is 9.97 Å². The van der Waals surface area contributed by atoms with Gasteiger partial charge < -0.3 is 10.5 Å². The van der Waals surface area contributed by atoms with Crippen LogP contribution in [0.25, 0.3) is 0 Å². The molecule has 2 atom stereocenters. The molecular weight excluding hydrogens is 238 g/mol. The van der Waals surface area contributed by atoms with Crippen LogP contribution >= 0.6 is 11.6 Å². The van der Waals surface area contributed by atoms with Gasteiger partial charge in [0.25, 0.3) is 0 Å². The van der Waals surface area contributed by atoms with Crippen LogP contribution in [0.15, 0.2) is 12.5 Å². The molecule has 1 fully saturated rings. The Morgan fingerprint density at radius 3 is 2.82 bits per heavy atom. The molecule has 0 amide bonds. The van der Waals surface area contributed by atoms with E-state index in [0.717, 1.165) is 6.54 Å². The number of aromatic nitrogens is 2. The zero-order valence-corrected chi connectivity index (χ0v) is 10.6. The molecule has 0 aliphatic heterocycles. The molecule has 1 aromatic rings. The number of nitrogens with zero attached hydrogens (tertiary/aromatic N) is 2. The highest BCUT2D eigenvalue weighted by Crippen LogP contribution is 2.30. The van der Waals surface area contributed by atoms with Crippen molar-refractivity contribution in [3.8, 4) is 5.88 Å². The minimum atomic E-state index is 0.465. The molecule has 1 saturated carbocycles. The standard InChI is InChI=1S/C12H18ClN3O/c13-11-6-15-8-16-12(11)17-7-10-4-2-1-3-9(10)5-14/h6,8-10H,1-5,7,14H2. The van der Waals surface area contributed by atoms with E-state index in [2.05, 4.69) is 9.97 Å². The van der Waals surface area contributed by atoms with Gasteiger partial charge in [-0.2, -0.15) is 0 Å². The first-order valence-electron chi connectivity index (χ1n) is 6.09. The maximum Gasteiger partial charge on any atom is 0.235 e. The summed E-state index contributed by atoms with van der Waals surface area (Å²) in [6.07, 6.45) is 7.94. The third-order valence-corrected chi connectivity index (χ3v) is 3.70. The van der Waals surface area contributed by atoms with Gasteiger partial charge >= 0.3 is 0 Å². The second-order valence-corrected chi connectivity index (χ2v) is 4.93. The molecule has 0 spiro atoms. The quantitative estimate of drug-likeness (QED) is 0.897. The third kappa shape index (κ3) is 3.30. The van der Waals surface area contributed by atoms with Crippen LogP contribution in [-0.4, -0.2) is 23.1 Å². The fourth-order valence-corrected chi connectivity index (χ4v) is 2.57. The molecule has 1 aliphatic carbocycles. The predicted octanol–water partition coefficient (Wildman–Crippen LogP) is 2.27. The molecule has 0 aromatic carbocycles. The summed E-state index contributed by atoms with van der Waals surface area (Å²) in [5.74, 6) is 1.58. The lowest BCUT2D eigenvalue weighted by molar-refractivity contribution is 0.149. The molecule has 0 bridgehead atoms. The van der Waals surface area contributed by atoms with E-state index in [-0.39, 0.29) is 0 Å². The molecule has 5 heteroatoms. The zero-order chi connectivity index (χ0) is 12.1. The Kier molecular flexibility index (Phi) is 4.57. The zero-order valence-electron chi connectivity index (χ0n) is 9.81. The van der Waals surface area contributed by atoms with Crippen molar-refractivity contribution < 1.29 is 4.74 Å². The smallest absolute Gasteiger partial charge is 0.235 e. The molecule has 1 heterocycles. The number of halogens is 1. The largest absolute Gasteiger partial charge is 0.476 e. The van der Waals surface area contributed by atoms with Crippen LogP contribution in [0, 0.1) is 11.8 Å². The van der Waals surface area contributed by atoms with E-state index in [4.69, 9.17) is 22.1 Å². The lowest BCUT2D eigenvalue weighted by Gasteiger charge is -2.30. The Bertz CT molecular complexity index is 361. The van der Waals surface area contributed by atoms with Crippen molar-refractivity contribution >= 4 is 11.6 Å². The molecule has 94 valence electrons. The van der Waals surface area contributed by atoms with Gasteiger partial charge in [0.1, 0.15) is 11.3 Å².